The maximum atomic E-state index is 11.4. The summed E-state index contributed by atoms with van der Waals surface area (Å²) in [5.74, 6) is 1.36. The highest BCUT2D eigenvalue weighted by Crippen LogP contribution is 2.39. The molecule has 2 aromatic heterocycles. The van der Waals surface area contributed by atoms with Gasteiger partial charge in [0.25, 0.3) is 11.9 Å². The van der Waals surface area contributed by atoms with Crippen molar-refractivity contribution in [2.75, 3.05) is 5.73 Å². The van der Waals surface area contributed by atoms with E-state index in [1.165, 1.54) is 0 Å². The number of primary amides is 1. The van der Waals surface area contributed by atoms with E-state index in [2.05, 4.69) is 9.55 Å². The van der Waals surface area contributed by atoms with Gasteiger partial charge in [-0.25, -0.2) is 4.98 Å². The Hall–Kier alpha value is -3.75. The van der Waals surface area contributed by atoms with Crippen LogP contribution in [0.3, 0.4) is 0 Å². The number of nitrogens with two attached hydrogens (primary N) is 2. The van der Waals surface area contributed by atoms with Crippen LogP contribution in [0.5, 0.6) is 11.5 Å². The van der Waals surface area contributed by atoms with Crippen molar-refractivity contribution in [3.63, 3.8) is 0 Å². The number of amides is 1. The summed E-state index contributed by atoms with van der Waals surface area (Å²) in [6.07, 6.45) is -0.823. The number of carbonyl (C=O) groups excluding carboxylic acids is 1. The first-order chi connectivity index (χ1) is 13.9. The fraction of sp³-hybridized carbons (Fsp3) is 0.250. The molecular formula is C20H19N5O4. The van der Waals surface area contributed by atoms with E-state index in [0.717, 1.165) is 16.9 Å². The minimum atomic E-state index is -0.762. The van der Waals surface area contributed by atoms with Crippen LogP contribution in [-0.4, -0.2) is 32.7 Å². The number of carbonyl (C=O) groups is 1. The van der Waals surface area contributed by atoms with Gasteiger partial charge >= 0.3 is 0 Å². The Kier molecular flexibility index (Phi) is 3.67. The second kappa shape index (κ2) is 6.13. The van der Waals surface area contributed by atoms with E-state index in [9.17, 15) is 4.79 Å². The van der Waals surface area contributed by atoms with Gasteiger partial charge < -0.3 is 29.9 Å². The Labute approximate surface area is 165 Å². The molecule has 1 amide bonds. The van der Waals surface area contributed by atoms with Gasteiger partial charge in [-0.2, -0.15) is 4.98 Å². The van der Waals surface area contributed by atoms with Gasteiger partial charge in [-0.05, 0) is 32.0 Å². The molecule has 0 aliphatic carbocycles. The van der Waals surface area contributed by atoms with Crippen molar-refractivity contribution >= 4 is 34.1 Å². The van der Waals surface area contributed by atoms with Crippen LogP contribution in [-0.2, 0) is 11.3 Å². The summed E-state index contributed by atoms with van der Waals surface area (Å²) < 4.78 is 19.1. The van der Waals surface area contributed by atoms with Crippen molar-refractivity contribution in [3.05, 3.63) is 30.3 Å². The van der Waals surface area contributed by atoms with Crippen LogP contribution in [0.4, 0.5) is 6.01 Å². The molecule has 0 spiro atoms. The topological polar surface area (TPSA) is 131 Å². The van der Waals surface area contributed by atoms with Crippen molar-refractivity contribution in [2.45, 2.75) is 32.6 Å². The van der Waals surface area contributed by atoms with Crippen molar-refractivity contribution in [1.82, 2.24) is 14.5 Å². The maximum absolute atomic E-state index is 11.4. The zero-order chi connectivity index (χ0) is 20.3. The van der Waals surface area contributed by atoms with Crippen LogP contribution >= 0.6 is 0 Å². The van der Waals surface area contributed by atoms with Crippen LogP contribution in [0.15, 0.2) is 34.7 Å². The van der Waals surface area contributed by atoms with Crippen LogP contribution in [0.25, 0.3) is 33.5 Å². The van der Waals surface area contributed by atoms with Gasteiger partial charge in [-0.1, -0.05) is 0 Å². The van der Waals surface area contributed by atoms with E-state index < -0.39 is 12.0 Å². The van der Waals surface area contributed by atoms with Gasteiger partial charge in [0.15, 0.2) is 11.7 Å². The molecule has 9 nitrogen and oxygen atoms in total. The van der Waals surface area contributed by atoms with Gasteiger partial charge in [-0.15, -0.1) is 0 Å². The number of nitrogen functional groups attached to an aromatic ring is 1. The highest BCUT2D eigenvalue weighted by molar-refractivity contribution is 5.89. The zero-order valence-electron chi connectivity index (χ0n) is 15.9. The van der Waals surface area contributed by atoms with E-state index in [0.29, 0.717) is 34.7 Å². The minimum absolute atomic E-state index is 0.0612. The summed E-state index contributed by atoms with van der Waals surface area (Å²) in [5.41, 5.74) is 14.7. The molecule has 148 valence electrons. The molecule has 1 aliphatic rings. The number of oxazole rings is 1. The zero-order valence-corrected chi connectivity index (χ0v) is 15.9. The molecule has 9 heteroatoms. The predicted octanol–water partition coefficient (Wildman–Crippen LogP) is 2.46. The largest absolute Gasteiger partial charge is 0.486 e. The number of benzene rings is 2. The maximum Gasteiger partial charge on any atom is 0.292 e. The summed E-state index contributed by atoms with van der Waals surface area (Å²) in [5, 5.41) is 0. The number of hydrogen-bond donors (Lipinski definition) is 2. The summed E-state index contributed by atoms with van der Waals surface area (Å²) in [4.78, 5) is 20.4. The minimum Gasteiger partial charge on any atom is -0.486 e. The van der Waals surface area contributed by atoms with Crippen LogP contribution in [0, 0.1) is 0 Å². The van der Waals surface area contributed by atoms with Crippen LogP contribution in [0.2, 0.25) is 0 Å². The number of nitrogens with zero attached hydrogens (tertiary/aromatic N) is 3. The molecule has 3 heterocycles. The first-order valence-electron chi connectivity index (χ1n) is 9.22. The lowest BCUT2D eigenvalue weighted by Gasteiger charge is -2.24. The Morgan fingerprint density at radius 3 is 2.90 bits per heavy atom. The quantitative estimate of drug-likeness (QED) is 0.544. The van der Waals surface area contributed by atoms with E-state index in [1.54, 1.807) is 19.1 Å². The molecule has 0 fully saturated rings. The Morgan fingerprint density at radius 2 is 2.10 bits per heavy atom. The lowest BCUT2D eigenvalue weighted by Crippen LogP contribution is -2.30. The summed E-state index contributed by atoms with van der Waals surface area (Å²) >= 11 is 0. The molecule has 0 bridgehead atoms. The van der Waals surface area contributed by atoms with Gasteiger partial charge in [0.1, 0.15) is 34.5 Å². The lowest BCUT2D eigenvalue weighted by atomic mass is 10.2. The number of aromatic nitrogens is 3. The second-order valence-electron chi connectivity index (χ2n) is 7.16. The van der Waals surface area contributed by atoms with E-state index in [1.807, 2.05) is 25.1 Å². The van der Waals surface area contributed by atoms with E-state index in [4.69, 9.17) is 30.3 Å². The number of rotatable bonds is 4. The average molecular weight is 393 g/mol. The third-order valence-corrected chi connectivity index (χ3v) is 4.92. The standard InChI is InChI=1S/C20H19N5O4/c1-9-8-25-17-14(6-12(7-16(17)27-9)28-10(2)18(21)26)23-19(25)11-3-4-15-13(5-11)24-20(22)29-15/h3-7,9-10H,8H2,1-2H3,(H2,21,26)(H2,22,24)/t9-,10-/m1/s1. The molecular weight excluding hydrogens is 374 g/mol. The fourth-order valence-electron chi connectivity index (χ4n) is 3.62. The van der Waals surface area contributed by atoms with Crippen LogP contribution < -0.4 is 20.9 Å². The van der Waals surface area contributed by atoms with Crippen molar-refractivity contribution < 1.29 is 18.7 Å². The van der Waals surface area contributed by atoms with Gasteiger partial charge in [0, 0.05) is 17.7 Å². The average Bonchev–Trinajstić information content (AvgIpc) is 3.20. The van der Waals surface area contributed by atoms with E-state index >= 15 is 0 Å². The molecule has 2 atom stereocenters. The van der Waals surface area contributed by atoms with Gasteiger partial charge in [0.05, 0.1) is 12.1 Å². The monoisotopic (exact) mass is 393 g/mol. The third-order valence-electron chi connectivity index (χ3n) is 4.92. The fourth-order valence-corrected chi connectivity index (χ4v) is 3.62. The molecule has 0 unspecified atom stereocenters. The number of imidazole rings is 1. The van der Waals surface area contributed by atoms with Gasteiger partial charge in [0.2, 0.25) is 0 Å². The summed E-state index contributed by atoms with van der Waals surface area (Å²) in [6, 6.07) is 9.32. The summed E-state index contributed by atoms with van der Waals surface area (Å²) in [6.45, 7) is 4.24. The number of fused-ring (bicyclic) bond motifs is 1. The highest BCUT2D eigenvalue weighted by atomic mass is 16.5. The molecule has 0 radical (unpaired) electrons. The molecule has 4 N–H and O–H groups in total. The van der Waals surface area contributed by atoms with Crippen molar-refractivity contribution in [1.29, 1.82) is 0 Å². The smallest absolute Gasteiger partial charge is 0.292 e. The number of anilines is 1. The molecule has 0 saturated carbocycles. The third kappa shape index (κ3) is 2.82. The Morgan fingerprint density at radius 1 is 1.28 bits per heavy atom. The lowest BCUT2D eigenvalue weighted by molar-refractivity contribution is -0.123. The first-order valence-corrected chi connectivity index (χ1v) is 9.22. The Balaban J connectivity index is 1.67. The molecule has 2 aromatic carbocycles. The van der Waals surface area contributed by atoms with Crippen LogP contribution in [0.1, 0.15) is 13.8 Å². The molecule has 1 aliphatic heterocycles. The number of hydrogen-bond acceptors (Lipinski definition) is 7. The first kappa shape index (κ1) is 17.4. The molecule has 5 rings (SSSR count). The normalized spacial score (nSPS) is 16.7. The van der Waals surface area contributed by atoms with Gasteiger partial charge in [-0.3, -0.25) is 4.79 Å². The van der Waals surface area contributed by atoms with Crippen molar-refractivity contribution in [2.24, 2.45) is 5.73 Å². The highest BCUT2D eigenvalue weighted by Gasteiger charge is 2.26. The van der Waals surface area contributed by atoms with E-state index in [-0.39, 0.29) is 12.1 Å². The van der Waals surface area contributed by atoms with Crippen molar-refractivity contribution in [3.8, 4) is 22.9 Å². The molecule has 29 heavy (non-hydrogen) atoms. The molecule has 4 aromatic rings. The predicted molar refractivity (Wildman–Crippen MR) is 107 cm³/mol. The number of ether oxygens (including phenoxy) is 2. The SMILES string of the molecule is C[C@@H]1Cn2c(-c3ccc4oc(N)nc4c3)nc3cc(O[C@H](C)C(N)=O)cc(c32)O1. The summed E-state index contributed by atoms with van der Waals surface area (Å²) in [7, 11) is 0. The Bertz CT molecular complexity index is 1280. The molecule has 0 saturated heterocycles. The second-order valence-corrected chi connectivity index (χ2v) is 7.16.